The van der Waals surface area contributed by atoms with E-state index in [9.17, 15) is 0 Å². The summed E-state index contributed by atoms with van der Waals surface area (Å²) in [6, 6.07) is 0.509. The Hall–Kier alpha value is -0.790. The molecule has 78 valence electrons. The van der Waals surface area contributed by atoms with Crippen molar-refractivity contribution in [1.82, 2.24) is 9.78 Å². The minimum absolute atomic E-state index is 0.509. The summed E-state index contributed by atoms with van der Waals surface area (Å²) >= 11 is 0. The van der Waals surface area contributed by atoms with Gasteiger partial charge in [-0.25, -0.2) is 0 Å². The van der Waals surface area contributed by atoms with Gasteiger partial charge in [-0.3, -0.25) is 4.68 Å². The Balaban J connectivity index is 2.49. The molecular formula is C12H20N2. The lowest BCUT2D eigenvalue weighted by Crippen LogP contribution is -2.07. The van der Waals surface area contributed by atoms with Gasteiger partial charge in [-0.1, -0.05) is 13.8 Å². The molecule has 0 fully saturated rings. The van der Waals surface area contributed by atoms with E-state index in [0.29, 0.717) is 12.0 Å². The molecule has 0 unspecified atom stereocenters. The molecule has 0 radical (unpaired) electrons. The summed E-state index contributed by atoms with van der Waals surface area (Å²) in [5.74, 6) is 0.571. The van der Waals surface area contributed by atoms with Gasteiger partial charge >= 0.3 is 0 Å². The first-order valence-corrected chi connectivity index (χ1v) is 5.71. The third kappa shape index (κ3) is 1.37. The molecule has 2 heteroatoms. The van der Waals surface area contributed by atoms with Crippen LogP contribution in [0.15, 0.2) is 0 Å². The van der Waals surface area contributed by atoms with Crippen molar-refractivity contribution in [2.24, 2.45) is 0 Å². The number of hydrogen-bond acceptors (Lipinski definition) is 1. The van der Waals surface area contributed by atoms with Crippen LogP contribution < -0.4 is 0 Å². The van der Waals surface area contributed by atoms with Gasteiger partial charge in [-0.05, 0) is 44.6 Å². The summed E-state index contributed by atoms with van der Waals surface area (Å²) in [7, 11) is 0. The average molecular weight is 192 g/mol. The summed E-state index contributed by atoms with van der Waals surface area (Å²) in [6.45, 7) is 8.92. The molecule has 0 bridgehead atoms. The maximum absolute atomic E-state index is 4.75. The first kappa shape index (κ1) is 9.75. The summed E-state index contributed by atoms with van der Waals surface area (Å²) in [4.78, 5) is 0. The third-order valence-electron chi connectivity index (χ3n) is 3.03. The quantitative estimate of drug-likeness (QED) is 0.704. The Morgan fingerprint density at radius 3 is 2.43 bits per heavy atom. The summed E-state index contributed by atoms with van der Waals surface area (Å²) in [6.07, 6.45) is 3.79. The highest BCUT2D eigenvalue weighted by molar-refractivity contribution is 5.32. The molecule has 1 aromatic heterocycles. The van der Waals surface area contributed by atoms with Gasteiger partial charge in [0.2, 0.25) is 0 Å². The third-order valence-corrected chi connectivity index (χ3v) is 3.03. The Bertz CT molecular complexity index is 304. The molecule has 2 nitrogen and oxygen atoms in total. The van der Waals surface area contributed by atoms with Crippen LogP contribution in [0.1, 0.15) is 63.0 Å². The van der Waals surface area contributed by atoms with Gasteiger partial charge in [-0.2, -0.15) is 5.10 Å². The highest BCUT2D eigenvalue weighted by Gasteiger charge is 2.24. The van der Waals surface area contributed by atoms with E-state index < -0.39 is 0 Å². The molecule has 0 saturated carbocycles. The zero-order valence-electron chi connectivity index (χ0n) is 9.67. The van der Waals surface area contributed by atoms with Gasteiger partial charge in [0.1, 0.15) is 0 Å². The molecule has 0 amide bonds. The number of aromatic nitrogens is 2. The maximum atomic E-state index is 4.75. The van der Waals surface area contributed by atoms with Crippen LogP contribution in [-0.2, 0) is 12.8 Å². The minimum atomic E-state index is 0.509. The highest BCUT2D eigenvalue weighted by atomic mass is 15.3. The van der Waals surface area contributed by atoms with Gasteiger partial charge < -0.3 is 0 Å². The van der Waals surface area contributed by atoms with Crippen LogP contribution in [0.25, 0.3) is 0 Å². The smallest absolute Gasteiger partial charge is 0.0684 e. The summed E-state index contributed by atoms with van der Waals surface area (Å²) in [5.41, 5.74) is 4.39. The second-order valence-electron chi connectivity index (χ2n) is 4.86. The molecule has 2 rings (SSSR count). The zero-order valence-corrected chi connectivity index (χ0v) is 9.67. The van der Waals surface area contributed by atoms with Crippen molar-refractivity contribution >= 4 is 0 Å². The van der Waals surface area contributed by atoms with Crippen LogP contribution in [0, 0.1) is 0 Å². The number of nitrogens with zero attached hydrogens (tertiary/aromatic N) is 2. The molecule has 14 heavy (non-hydrogen) atoms. The summed E-state index contributed by atoms with van der Waals surface area (Å²) in [5, 5.41) is 4.75. The molecule has 0 aromatic carbocycles. The zero-order chi connectivity index (χ0) is 10.3. The van der Waals surface area contributed by atoms with E-state index in [1.54, 1.807) is 5.56 Å². The van der Waals surface area contributed by atoms with Gasteiger partial charge in [0.25, 0.3) is 0 Å². The van der Waals surface area contributed by atoms with Crippen molar-refractivity contribution in [3.8, 4) is 0 Å². The Morgan fingerprint density at radius 1 is 1.14 bits per heavy atom. The lowest BCUT2D eigenvalue weighted by atomic mass is 10.1. The molecule has 1 aliphatic carbocycles. The molecule has 0 atom stereocenters. The van der Waals surface area contributed by atoms with E-state index in [0.717, 1.165) is 0 Å². The molecule has 1 heterocycles. The lowest BCUT2D eigenvalue weighted by Gasteiger charge is -2.08. The molecular weight excluding hydrogens is 172 g/mol. The minimum Gasteiger partial charge on any atom is -0.267 e. The van der Waals surface area contributed by atoms with Crippen LogP contribution in [0.5, 0.6) is 0 Å². The largest absolute Gasteiger partial charge is 0.267 e. The van der Waals surface area contributed by atoms with Crippen molar-refractivity contribution < 1.29 is 0 Å². The molecule has 0 saturated heterocycles. The monoisotopic (exact) mass is 192 g/mol. The first-order valence-electron chi connectivity index (χ1n) is 5.71. The van der Waals surface area contributed by atoms with Gasteiger partial charge in [0.15, 0.2) is 0 Å². The number of hydrogen-bond donors (Lipinski definition) is 0. The number of rotatable bonds is 2. The fraction of sp³-hybridized carbons (Fsp3) is 0.750. The second-order valence-corrected chi connectivity index (χ2v) is 4.86. The predicted molar refractivity (Wildman–Crippen MR) is 58.7 cm³/mol. The molecule has 1 aliphatic rings. The van der Waals surface area contributed by atoms with Gasteiger partial charge in [0.05, 0.1) is 5.69 Å². The van der Waals surface area contributed by atoms with Crippen LogP contribution in [0.3, 0.4) is 0 Å². The summed E-state index contributed by atoms with van der Waals surface area (Å²) < 4.78 is 2.23. The normalized spacial score (nSPS) is 15.6. The Morgan fingerprint density at radius 2 is 1.86 bits per heavy atom. The molecule has 0 N–H and O–H groups in total. The van der Waals surface area contributed by atoms with E-state index in [1.165, 1.54) is 30.7 Å². The first-order chi connectivity index (χ1) is 6.61. The topological polar surface area (TPSA) is 17.8 Å². The fourth-order valence-electron chi connectivity index (χ4n) is 2.38. The van der Waals surface area contributed by atoms with E-state index in [-0.39, 0.29) is 0 Å². The SMILES string of the molecule is CC(C)c1nn(C(C)C)c2c1CCC2. The van der Waals surface area contributed by atoms with Gasteiger partial charge in [-0.15, -0.1) is 0 Å². The van der Waals surface area contributed by atoms with Crippen molar-refractivity contribution in [2.45, 2.75) is 58.9 Å². The molecule has 0 spiro atoms. The van der Waals surface area contributed by atoms with E-state index >= 15 is 0 Å². The van der Waals surface area contributed by atoms with Crippen molar-refractivity contribution in [3.05, 3.63) is 17.0 Å². The molecule has 1 aromatic rings. The van der Waals surface area contributed by atoms with E-state index in [2.05, 4.69) is 32.4 Å². The van der Waals surface area contributed by atoms with Crippen LogP contribution in [0.2, 0.25) is 0 Å². The Kier molecular flexibility index (Phi) is 2.38. The van der Waals surface area contributed by atoms with Crippen molar-refractivity contribution in [2.75, 3.05) is 0 Å². The lowest BCUT2D eigenvalue weighted by molar-refractivity contribution is 0.501. The van der Waals surface area contributed by atoms with E-state index in [4.69, 9.17) is 5.10 Å². The maximum Gasteiger partial charge on any atom is 0.0684 e. The van der Waals surface area contributed by atoms with Crippen LogP contribution in [-0.4, -0.2) is 9.78 Å². The highest BCUT2D eigenvalue weighted by Crippen LogP contribution is 2.31. The standard InChI is InChI=1S/C12H20N2/c1-8(2)12-10-6-5-7-11(10)14(13-12)9(3)4/h8-9H,5-7H2,1-4H3. The average Bonchev–Trinajstić information content (AvgIpc) is 2.59. The fourth-order valence-corrected chi connectivity index (χ4v) is 2.38. The molecule has 0 aliphatic heterocycles. The predicted octanol–water partition coefficient (Wildman–Crippen LogP) is 3.08. The van der Waals surface area contributed by atoms with Crippen molar-refractivity contribution in [1.29, 1.82) is 0 Å². The van der Waals surface area contributed by atoms with Gasteiger partial charge in [0, 0.05) is 11.7 Å². The Labute approximate surface area is 86.3 Å². The van der Waals surface area contributed by atoms with E-state index in [1.807, 2.05) is 0 Å². The number of fused-ring (bicyclic) bond motifs is 1. The van der Waals surface area contributed by atoms with Crippen LogP contribution in [0.4, 0.5) is 0 Å². The van der Waals surface area contributed by atoms with Crippen molar-refractivity contribution in [3.63, 3.8) is 0 Å². The van der Waals surface area contributed by atoms with Crippen LogP contribution >= 0.6 is 0 Å². The second kappa shape index (κ2) is 3.41.